The zero-order valence-electron chi connectivity index (χ0n) is 14.7. The lowest BCUT2D eigenvalue weighted by atomic mass is 10.1. The van der Waals surface area contributed by atoms with Crippen LogP contribution in [-0.4, -0.2) is 23.4 Å². The number of hydrogen-bond donors (Lipinski definition) is 2. The minimum atomic E-state index is -0.398. The lowest BCUT2D eigenvalue weighted by Crippen LogP contribution is -2.43. The van der Waals surface area contributed by atoms with Crippen LogP contribution in [0.2, 0.25) is 0 Å². The Morgan fingerprint density at radius 2 is 1.92 bits per heavy atom. The van der Waals surface area contributed by atoms with Crippen molar-refractivity contribution in [2.75, 3.05) is 6.61 Å². The molecule has 2 aromatic rings. The SMILES string of the molecule is Cc1ccc(C)c(OCC(=O)NNC(=O)CCCc2nc(C)cs2)c1. The first-order valence-corrected chi connectivity index (χ1v) is 9.01. The van der Waals surface area contributed by atoms with Crippen molar-refractivity contribution in [1.82, 2.24) is 15.8 Å². The molecule has 25 heavy (non-hydrogen) atoms. The molecule has 0 saturated carbocycles. The Balaban J connectivity index is 1.63. The highest BCUT2D eigenvalue weighted by atomic mass is 32.1. The Kier molecular flexibility index (Phi) is 6.94. The van der Waals surface area contributed by atoms with E-state index in [2.05, 4.69) is 15.8 Å². The number of rotatable bonds is 7. The summed E-state index contributed by atoms with van der Waals surface area (Å²) in [5, 5.41) is 3.02. The van der Waals surface area contributed by atoms with Gasteiger partial charge in [-0.05, 0) is 50.8 Å². The number of ether oxygens (including phenoxy) is 1. The third kappa shape index (κ3) is 6.54. The number of nitrogens with one attached hydrogen (secondary N) is 2. The first kappa shape index (κ1) is 18.9. The van der Waals surface area contributed by atoms with Crippen molar-refractivity contribution >= 4 is 23.2 Å². The van der Waals surface area contributed by atoms with Crippen molar-refractivity contribution in [3.05, 3.63) is 45.4 Å². The van der Waals surface area contributed by atoms with E-state index in [1.54, 1.807) is 11.3 Å². The molecule has 0 aliphatic heterocycles. The van der Waals surface area contributed by atoms with E-state index in [1.165, 1.54) is 0 Å². The number of nitrogens with zero attached hydrogens (tertiary/aromatic N) is 1. The fourth-order valence-electron chi connectivity index (χ4n) is 2.16. The smallest absolute Gasteiger partial charge is 0.276 e. The van der Waals surface area contributed by atoms with E-state index in [0.29, 0.717) is 18.6 Å². The number of aromatic nitrogens is 1. The summed E-state index contributed by atoms with van der Waals surface area (Å²) in [4.78, 5) is 27.8. The van der Waals surface area contributed by atoms with Gasteiger partial charge in [-0.3, -0.25) is 20.4 Å². The van der Waals surface area contributed by atoms with E-state index in [9.17, 15) is 9.59 Å². The Morgan fingerprint density at radius 3 is 2.64 bits per heavy atom. The third-order valence-electron chi connectivity index (χ3n) is 3.50. The molecule has 7 heteroatoms. The number of thiazole rings is 1. The summed E-state index contributed by atoms with van der Waals surface area (Å²) in [5.74, 6) is 0.0402. The van der Waals surface area contributed by atoms with Crippen LogP contribution in [0.25, 0.3) is 0 Å². The molecule has 6 nitrogen and oxygen atoms in total. The highest BCUT2D eigenvalue weighted by Crippen LogP contribution is 2.18. The van der Waals surface area contributed by atoms with Crippen LogP contribution in [-0.2, 0) is 16.0 Å². The van der Waals surface area contributed by atoms with Gasteiger partial charge in [-0.2, -0.15) is 0 Å². The highest BCUT2D eigenvalue weighted by Gasteiger charge is 2.08. The number of hydrazine groups is 1. The Labute approximate surface area is 151 Å². The average Bonchev–Trinajstić information content (AvgIpc) is 2.99. The van der Waals surface area contributed by atoms with Crippen molar-refractivity contribution < 1.29 is 14.3 Å². The first-order chi connectivity index (χ1) is 11.9. The molecule has 0 atom stereocenters. The van der Waals surface area contributed by atoms with Crippen LogP contribution in [0.4, 0.5) is 0 Å². The minimum Gasteiger partial charge on any atom is -0.483 e. The summed E-state index contributed by atoms with van der Waals surface area (Å²) in [5.41, 5.74) is 7.78. The first-order valence-electron chi connectivity index (χ1n) is 8.13. The maximum atomic E-state index is 11.8. The third-order valence-corrected chi connectivity index (χ3v) is 4.53. The van der Waals surface area contributed by atoms with Gasteiger partial charge in [0, 0.05) is 17.5 Å². The van der Waals surface area contributed by atoms with E-state index in [0.717, 1.165) is 28.2 Å². The predicted octanol–water partition coefficient (Wildman–Crippen LogP) is 2.62. The highest BCUT2D eigenvalue weighted by molar-refractivity contribution is 7.09. The molecule has 0 fully saturated rings. The van der Waals surface area contributed by atoms with Gasteiger partial charge >= 0.3 is 0 Å². The predicted molar refractivity (Wildman–Crippen MR) is 97.5 cm³/mol. The van der Waals surface area contributed by atoms with Crippen LogP contribution in [0.5, 0.6) is 5.75 Å². The van der Waals surface area contributed by atoms with E-state index in [1.807, 2.05) is 44.4 Å². The molecule has 134 valence electrons. The quantitative estimate of drug-likeness (QED) is 0.743. The van der Waals surface area contributed by atoms with Crippen LogP contribution in [0.1, 0.15) is 34.7 Å². The molecule has 0 aliphatic carbocycles. The molecule has 2 rings (SSSR count). The summed E-state index contributed by atoms with van der Waals surface area (Å²) in [6.45, 7) is 5.67. The Bertz CT molecular complexity index is 743. The summed E-state index contributed by atoms with van der Waals surface area (Å²) in [6, 6.07) is 5.80. The monoisotopic (exact) mass is 361 g/mol. The average molecular weight is 361 g/mol. The summed E-state index contributed by atoms with van der Waals surface area (Å²) in [6.07, 6.45) is 1.78. The molecule has 0 spiro atoms. The van der Waals surface area contributed by atoms with Gasteiger partial charge in [0.2, 0.25) is 5.91 Å². The standard InChI is InChI=1S/C18H23N3O3S/c1-12-7-8-13(2)15(9-12)24-10-17(23)21-20-16(22)5-4-6-18-19-14(3)11-25-18/h7-9,11H,4-6,10H2,1-3H3,(H,20,22)(H,21,23). The van der Waals surface area contributed by atoms with E-state index >= 15 is 0 Å². The van der Waals surface area contributed by atoms with Crippen LogP contribution in [0, 0.1) is 20.8 Å². The number of hydrogen-bond acceptors (Lipinski definition) is 5. The van der Waals surface area contributed by atoms with Crippen LogP contribution < -0.4 is 15.6 Å². The van der Waals surface area contributed by atoms with Gasteiger partial charge in [0.15, 0.2) is 6.61 Å². The summed E-state index contributed by atoms with van der Waals surface area (Å²) >= 11 is 1.60. The topological polar surface area (TPSA) is 80.3 Å². The molecule has 0 saturated heterocycles. The van der Waals surface area contributed by atoms with Gasteiger partial charge in [-0.1, -0.05) is 12.1 Å². The number of amides is 2. The van der Waals surface area contributed by atoms with Gasteiger partial charge in [-0.15, -0.1) is 11.3 Å². The zero-order valence-corrected chi connectivity index (χ0v) is 15.5. The van der Waals surface area contributed by atoms with Gasteiger partial charge < -0.3 is 4.74 Å². The normalized spacial score (nSPS) is 10.4. The maximum absolute atomic E-state index is 11.8. The molecule has 0 bridgehead atoms. The van der Waals surface area contributed by atoms with Crippen LogP contribution in [0.15, 0.2) is 23.6 Å². The van der Waals surface area contributed by atoms with Crippen molar-refractivity contribution in [3.63, 3.8) is 0 Å². The molecule has 0 unspecified atom stereocenters. The Morgan fingerprint density at radius 1 is 1.16 bits per heavy atom. The second kappa shape index (κ2) is 9.17. The lowest BCUT2D eigenvalue weighted by molar-refractivity contribution is -0.130. The van der Waals surface area contributed by atoms with E-state index in [4.69, 9.17) is 4.74 Å². The van der Waals surface area contributed by atoms with Crippen molar-refractivity contribution in [2.24, 2.45) is 0 Å². The lowest BCUT2D eigenvalue weighted by Gasteiger charge is -2.11. The van der Waals surface area contributed by atoms with Crippen molar-refractivity contribution in [1.29, 1.82) is 0 Å². The molecule has 0 radical (unpaired) electrons. The van der Waals surface area contributed by atoms with E-state index in [-0.39, 0.29) is 12.5 Å². The molecular formula is C18H23N3O3S. The molecular weight excluding hydrogens is 338 g/mol. The largest absolute Gasteiger partial charge is 0.483 e. The van der Waals surface area contributed by atoms with E-state index < -0.39 is 5.91 Å². The number of aryl methyl sites for hydroxylation is 4. The van der Waals surface area contributed by atoms with Crippen molar-refractivity contribution in [3.8, 4) is 5.75 Å². The number of benzene rings is 1. The van der Waals surface area contributed by atoms with Gasteiger partial charge in [0.25, 0.3) is 5.91 Å². The second-order valence-corrected chi connectivity index (χ2v) is 6.83. The zero-order chi connectivity index (χ0) is 18.2. The molecule has 1 aromatic heterocycles. The number of carbonyl (C=O) groups is 2. The molecule has 0 aliphatic rings. The van der Waals surface area contributed by atoms with Gasteiger partial charge in [0.1, 0.15) is 5.75 Å². The fraction of sp³-hybridized carbons (Fsp3) is 0.389. The fourth-order valence-corrected chi connectivity index (χ4v) is 2.98. The summed E-state index contributed by atoms with van der Waals surface area (Å²) < 4.78 is 5.48. The summed E-state index contributed by atoms with van der Waals surface area (Å²) in [7, 11) is 0. The Hall–Kier alpha value is -2.41. The molecule has 2 amide bonds. The number of carbonyl (C=O) groups excluding carboxylic acids is 2. The molecule has 1 heterocycles. The maximum Gasteiger partial charge on any atom is 0.276 e. The van der Waals surface area contributed by atoms with Crippen LogP contribution >= 0.6 is 11.3 Å². The second-order valence-electron chi connectivity index (χ2n) is 5.89. The van der Waals surface area contributed by atoms with Gasteiger partial charge in [0.05, 0.1) is 5.01 Å². The van der Waals surface area contributed by atoms with Gasteiger partial charge in [-0.25, -0.2) is 4.98 Å². The van der Waals surface area contributed by atoms with Crippen molar-refractivity contribution in [2.45, 2.75) is 40.0 Å². The molecule has 1 aromatic carbocycles. The minimum absolute atomic E-state index is 0.150. The molecule has 2 N–H and O–H groups in total. The van der Waals surface area contributed by atoms with Crippen LogP contribution in [0.3, 0.4) is 0 Å².